The Labute approximate surface area is 145 Å². The number of amides is 2. The van der Waals surface area contributed by atoms with Gasteiger partial charge in [-0.2, -0.15) is 5.10 Å². The minimum atomic E-state index is -0.119. The number of carbonyl (C=O) groups excluding carboxylic acids is 2. The van der Waals surface area contributed by atoms with E-state index in [0.29, 0.717) is 11.3 Å². The van der Waals surface area contributed by atoms with Gasteiger partial charge in [-0.05, 0) is 42.5 Å². The molecule has 2 amide bonds. The highest BCUT2D eigenvalue weighted by Gasteiger charge is 2.07. The van der Waals surface area contributed by atoms with Gasteiger partial charge in [-0.15, -0.1) is 11.3 Å². The molecule has 2 rings (SSSR count). The molecular weight excluding hydrogens is 322 g/mol. The van der Waals surface area contributed by atoms with Crippen LogP contribution in [0, 0.1) is 0 Å². The van der Waals surface area contributed by atoms with Crippen molar-refractivity contribution in [3.63, 3.8) is 0 Å². The molecule has 5 nitrogen and oxygen atoms in total. The first kappa shape index (κ1) is 17.9. The summed E-state index contributed by atoms with van der Waals surface area (Å²) in [6, 6.07) is 11.0. The van der Waals surface area contributed by atoms with Crippen LogP contribution in [0.15, 0.2) is 46.9 Å². The molecule has 0 aliphatic carbocycles. The number of unbranched alkanes of at least 4 members (excludes halogenated alkanes) is 1. The van der Waals surface area contributed by atoms with E-state index >= 15 is 0 Å². The summed E-state index contributed by atoms with van der Waals surface area (Å²) in [5.41, 5.74) is 4.89. The summed E-state index contributed by atoms with van der Waals surface area (Å²) in [5, 5.41) is 8.82. The van der Waals surface area contributed by atoms with Gasteiger partial charge in [-0.1, -0.05) is 31.5 Å². The van der Waals surface area contributed by atoms with E-state index in [9.17, 15) is 9.59 Å². The Bertz CT molecular complexity index is 706. The third kappa shape index (κ3) is 5.31. The molecule has 2 N–H and O–H groups in total. The topological polar surface area (TPSA) is 70.6 Å². The zero-order valence-corrected chi connectivity index (χ0v) is 14.7. The van der Waals surface area contributed by atoms with E-state index in [-0.39, 0.29) is 11.8 Å². The molecule has 2 aromatic rings. The molecule has 0 spiro atoms. The minimum absolute atomic E-state index is 0.0731. The van der Waals surface area contributed by atoms with Crippen molar-refractivity contribution < 1.29 is 9.59 Å². The lowest BCUT2D eigenvalue weighted by Gasteiger charge is -2.06. The van der Waals surface area contributed by atoms with E-state index in [0.717, 1.165) is 29.8 Å². The lowest BCUT2D eigenvalue weighted by atomic mass is 10.1. The maximum atomic E-state index is 12.0. The molecule has 24 heavy (non-hydrogen) atoms. The van der Waals surface area contributed by atoms with E-state index in [2.05, 4.69) is 15.8 Å². The van der Waals surface area contributed by atoms with Crippen molar-refractivity contribution in [2.75, 3.05) is 5.32 Å². The van der Waals surface area contributed by atoms with Crippen molar-refractivity contribution in [2.45, 2.75) is 33.1 Å². The second kappa shape index (κ2) is 8.98. The van der Waals surface area contributed by atoms with E-state index in [1.54, 1.807) is 6.07 Å². The zero-order chi connectivity index (χ0) is 17.4. The number of benzene rings is 1. The SMILES string of the molecule is CCCCC(=O)NN=C(C)c1ccc(NC(=O)c2cccs2)cc1. The molecule has 1 heterocycles. The summed E-state index contributed by atoms with van der Waals surface area (Å²) in [6.07, 6.45) is 2.33. The average Bonchev–Trinajstić information content (AvgIpc) is 3.13. The quantitative estimate of drug-likeness (QED) is 0.588. The largest absolute Gasteiger partial charge is 0.321 e. The molecule has 1 aromatic heterocycles. The lowest BCUT2D eigenvalue weighted by Crippen LogP contribution is -2.18. The van der Waals surface area contributed by atoms with Crippen LogP contribution in [0.25, 0.3) is 0 Å². The number of hydrogen-bond acceptors (Lipinski definition) is 4. The van der Waals surface area contributed by atoms with Crippen molar-refractivity contribution in [1.29, 1.82) is 0 Å². The van der Waals surface area contributed by atoms with Gasteiger partial charge in [-0.25, -0.2) is 5.43 Å². The molecule has 0 aliphatic heterocycles. The molecule has 0 atom stereocenters. The first-order valence-corrected chi connectivity index (χ1v) is 8.76. The van der Waals surface area contributed by atoms with Crippen molar-refractivity contribution in [3.05, 3.63) is 52.2 Å². The third-order valence-electron chi connectivity index (χ3n) is 3.41. The van der Waals surface area contributed by atoms with Gasteiger partial charge in [0.05, 0.1) is 10.6 Å². The number of thiophene rings is 1. The van der Waals surface area contributed by atoms with Crippen molar-refractivity contribution in [2.24, 2.45) is 5.10 Å². The summed E-state index contributed by atoms with van der Waals surface area (Å²) in [4.78, 5) is 24.2. The number of nitrogens with one attached hydrogen (secondary N) is 2. The lowest BCUT2D eigenvalue weighted by molar-refractivity contribution is -0.121. The first-order chi connectivity index (χ1) is 11.6. The van der Waals surface area contributed by atoms with E-state index < -0.39 is 0 Å². The van der Waals surface area contributed by atoms with E-state index in [1.165, 1.54) is 11.3 Å². The predicted octanol–water partition coefficient (Wildman–Crippen LogP) is 4.03. The molecule has 0 aliphatic rings. The summed E-state index contributed by atoms with van der Waals surface area (Å²) in [6.45, 7) is 3.87. The Morgan fingerprint density at radius 1 is 1.17 bits per heavy atom. The van der Waals surface area contributed by atoms with Gasteiger partial charge in [0.2, 0.25) is 5.91 Å². The van der Waals surface area contributed by atoms with Crippen LogP contribution in [0.3, 0.4) is 0 Å². The second-order valence-electron chi connectivity index (χ2n) is 5.34. The fourth-order valence-electron chi connectivity index (χ4n) is 2.00. The molecular formula is C18H21N3O2S. The highest BCUT2D eigenvalue weighted by Crippen LogP contribution is 2.14. The fraction of sp³-hybridized carbons (Fsp3) is 0.278. The first-order valence-electron chi connectivity index (χ1n) is 7.88. The molecule has 0 bridgehead atoms. The molecule has 6 heteroatoms. The van der Waals surface area contributed by atoms with Crippen LogP contribution in [0.2, 0.25) is 0 Å². The Kier molecular flexibility index (Phi) is 6.69. The molecule has 126 valence electrons. The van der Waals surface area contributed by atoms with Gasteiger partial charge in [0.1, 0.15) is 0 Å². The number of carbonyl (C=O) groups is 2. The van der Waals surface area contributed by atoms with Crippen LogP contribution < -0.4 is 10.7 Å². The Morgan fingerprint density at radius 3 is 2.54 bits per heavy atom. The van der Waals surface area contributed by atoms with Gasteiger partial charge in [-0.3, -0.25) is 9.59 Å². The van der Waals surface area contributed by atoms with Gasteiger partial charge in [0, 0.05) is 12.1 Å². The van der Waals surface area contributed by atoms with Gasteiger partial charge < -0.3 is 5.32 Å². The Hall–Kier alpha value is -2.47. The normalized spacial score (nSPS) is 11.2. The van der Waals surface area contributed by atoms with Gasteiger partial charge >= 0.3 is 0 Å². The van der Waals surface area contributed by atoms with Gasteiger partial charge in [0.15, 0.2) is 0 Å². The third-order valence-corrected chi connectivity index (χ3v) is 4.28. The van der Waals surface area contributed by atoms with Crippen LogP contribution in [0.5, 0.6) is 0 Å². The monoisotopic (exact) mass is 343 g/mol. The van der Waals surface area contributed by atoms with E-state index in [4.69, 9.17) is 0 Å². The van der Waals surface area contributed by atoms with Crippen LogP contribution in [-0.4, -0.2) is 17.5 Å². The van der Waals surface area contributed by atoms with Crippen molar-refractivity contribution in [3.8, 4) is 0 Å². The van der Waals surface area contributed by atoms with Crippen LogP contribution >= 0.6 is 11.3 Å². The summed E-state index contributed by atoms with van der Waals surface area (Å²) >= 11 is 1.40. The smallest absolute Gasteiger partial charge is 0.265 e. The number of rotatable bonds is 7. The van der Waals surface area contributed by atoms with E-state index in [1.807, 2.05) is 49.6 Å². The Balaban J connectivity index is 1.93. The molecule has 0 saturated heterocycles. The molecule has 0 unspecified atom stereocenters. The number of hydrazone groups is 1. The molecule has 1 aromatic carbocycles. The second-order valence-corrected chi connectivity index (χ2v) is 6.29. The van der Waals surface area contributed by atoms with Crippen LogP contribution in [-0.2, 0) is 4.79 Å². The Morgan fingerprint density at radius 2 is 1.92 bits per heavy atom. The van der Waals surface area contributed by atoms with Crippen LogP contribution in [0.4, 0.5) is 5.69 Å². The maximum Gasteiger partial charge on any atom is 0.265 e. The highest BCUT2D eigenvalue weighted by atomic mass is 32.1. The zero-order valence-electron chi connectivity index (χ0n) is 13.8. The fourth-order valence-corrected chi connectivity index (χ4v) is 2.62. The minimum Gasteiger partial charge on any atom is -0.321 e. The number of anilines is 1. The molecule has 0 saturated carbocycles. The van der Waals surface area contributed by atoms with Crippen molar-refractivity contribution in [1.82, 2.24) is 5.43 Å². The average molecular weight is 343 g/mol. The summed E-state index contributed by atoms with van der Waals surface area (Å²) in [7, 11) is 0. The standard InChI is InChI=1S/C18H21N3O2S/c1-3-4-7-17(22)21-20-13(2)14-8-10-15(11-9-14)19-18(23)16-6-5-12-24-16/h5-6,8-12H,3-4,7H2,1-2H3,(H,19,23)(H,21,22). The molecule has 0 radical (unpaired) electrons. The number of nitrogens with zero attached hydrogens (tertiary/aromatic N) is 1. The predicted molar refractivity (Wildman–Crippen MR) is 98.6 cm³/mol. The maximum absolute atomic E-state index is 12.0. The van der Waals surface area contributed by atoms with Crippen LogP contribution in [0.1, 0.15) is 48.3 Å². The van der Waals surface area contributed by atoms with Gasteiger partial charge in [0.25, 0.3) is 5.91 Å². The highest BCUT2D eigenvalue weighted by molar-refractivity contribution is 7.12. The summed E-state index contributed by atoms with van der Waals surface area (Å²) < 4.78 is 0. The number of hydrogen-bond donors (Lipinski definition) is 2. The van der Waals surface area contributed by atoms with Crippen molar-refractivity contribution >= 4 is 34.6 Å². The molecule has 0 fully saturated rings. The summed E-state index contributed by atoms with van der Waals surface area (Å²) in [5.74, 6) is -0.192.